The Morgan fingerprint density at radius 3 is 2.71 bits per heavy atom. The molecule has 8 nitrogen and oxygen atoms in total. The van der Waals surface area contributed by atoms with Crippen LogP contribution in [0.5, 0.6) is 11.5 Å². The van der Waals surface area contributed by atoms with E-state index >= 15 is 0 Å². The molecule has 28 heavy (non-hydrogen) atoms. The summed E-state index contributed by atoms with van der Waals surface area (Å²) in [6.45, 7) is -2.78. The number of aromatic nitrogens is 2. The molecule has 0 aliphatic heterocycles. The molecule has 0 amide bonds. The van der Waals surface area contributed by atoms with Crippen molar-refractivity contribution in [2.24, 2.45) is 0 Å². The molecule has 0 saturated heterocycles. The van der Waals surface area contributed by atoms with Gasteiger partial charge in [-0.1, -0.05) is 0 Å². The molecule has 2 rings (SSSR count). The molecule has 0 saturated carbocycles. The third-order valence-corrected chi connectivity index (χ3v) is 3.55. The van der Waals surface area contributed by atoms with E-state index in [9.17, 15) is 13.6 Å². The number of alkyl halides is 2. The summed E-state index contributed by atoms with van der Waals surface area (Å²) < 4.78 is 35.8. The van der Waals surface area contributed by atoms with Gasteiger partial charge in [-0.15, -0.1) is 0 Å². The van der Waals surface area contributed by atoms with Gasteiger partial charge in [-0.3, -0.25) is 4.68 Å². The fourth-order valence-corrected chi connectivity index (χ4v) is 2.35. The second-order valence-electron chi connectivity index (χ2n) is 5.32. The molecule has 0 bridgehead atoms. The highest BCUT2D eigenvalue weighted by Crippen LogP contribution is 2.34. The lowest BCUT2D eigenvalue weighted by atomic mass is 10.1. The first-order valence-electron chi connectivity index (χ1n) is 7.82. The minimum Gasteiger partial charge on any atom is -0.493 e. The fourth-order valence-electron chi connectivity index (χ4n) is 2.35. The van der Waals surface area contributed by atoms with Crippen LogP contribution < -0.4 is 9.47 Å². The largest absolute Gasteiger partial charge is 0.493 e. The number of carboxylic acids is 1. The number of nitrogens with zero attached hydrogens (tertiary/aromatic N) is 4. The van der Waals surface area contributed by atoms with E-state index in [0.717, 1.165) is 6.08 Å². The van der Waals surface area contributed by atoms with Gasteiger partial charge >= 0.3 is 12.6 Å². The molecule has 0 aliphatic carbocycles. The number of nitriles is 2. The van der Waals surface area contributed by atoms with E-state index in [1.165, 1.54) is 36.2 Å². The third kappa shape index (κ3) is 4.83. The summed E-state index contributed by atoms with van der Waals surface area (Å²) in [5.74, 6) is -1.56. The molecule has 2 aromatic rings. The van der Waals surface area contributed by atoms with Crippen LogP contribution in [-0.2, 0) is 11.3 Å². The van der Waals surface area contributed by atoms with Gasteiger partial charge in [0.15, 0.2) is 11.5 Å². The predicted octanol–water partition coefficient (Wildman–Crippen LogP) is 3.07. The summed E-state index contributed by atoms with van der Waals surface area (Å²) in [6.07, 6.45) is 2.80. The smallest absolute Gasteiger partial charge is 0.387 e. The number of hydrogen-bond donors (Lipinski definition) is 1. The van der Waals surface area contributed by atoms with Crippen molar-refractivity contribution in [2.45, 2.75) is 19.6 Å². The molecule has 0 unspecified atom stereocenters. The molecular formula is C18H14F2N4O4. The number of carbonyl (C=O) groups is 1. The Balaban J connectivity index is 2.57. The number of carboxylic acid groups (broad SMARTS) is 1. The Bertz CT molecular complexity index is 986. The van der Waals surface area contributed by atoms with Gasteiger partial charge in [0.25, 0.3) is 0 Å². The van der Waals surface area contributed by atoms with Gasteiger partial charge in [-0.05, 0) is 24.3 Å². The third-order valence-electron chi connectivity index (χ3n) is 3.55. The van der Waals surface area contributed by atoms with Crippen LogP contribution in [0.3, 0.4) is 0 Å². The summed E-state index contributed by atoms with van der Waals surface area (Å²) in [7, 11) is 1.28. The number of halogens is 2. The Hall–Kier alpha value is -3.92. The SMILES string of the molecule is COc1cc(-c2nn(CCC#N)cc2/C=C(\C#N)C(=O)O)ccc1OC(F)F. The van der Waals surface area contributed by atoms with E-state index in [1.807, 2.05) is 6.07 Å². The number of methoxy groups -OCH3 is 1. The van der Waals surface area contributed by atoms with Gasteiger partial charge in [0.2, 0.25) is 0 Å². The molecule has 0 atom stereocenters. The highest BCUT2D eigenvalue weighted by molar-refractivity contribution is 5.97. The van der Waals surface area contributed by atoms with E-state index in [-0.39, 0.29) is 30.2 Å². The van der Waals surface area contributed by atoms with E-state index in [2.05, 4.69) is 9.84 Å². The van der Waals surface area contributed by atoms with Crippen LogP contribution in [0.2, 0.25) is 0 Å². The van der Waals surface area contributed by atoms with E-state index < -0.39 is 18.2 Å². The van der Waals surface area contributed by atoms with Crippen molar-refractivity contribution >= 4 is 12.0 Å². The van der Waals surface area contributed by atoms with Crippen molar-refractivity contribution in [2.75, 3.05) is 7.11 Å². The number of hydrogen-bond acceptors (Lipinski definition) is 6. The van der Waals surface area contributed by atoms with Crippen LogP contribution in [0.25, 0.3) is 17.3 Å². The van der Waals surface area contributed by atoms with Crippen LogP contribution in [0.4, 0.5) is 8.78 Å². The standard InChI is InChI=1S/C18H14F2N4O4/c1-27-15-8-11(3-4-14(15)28-18(19)20)16-13(7-12(9-22)17(25)26)10-24(23-16)6-2-5-21/h3-4,7-8,10,18H,2,6H2,1H3,(H,25,26)/b12-7+. The molecule has 144 valence electrons. The Kier molecular flexibility index (Phi) is 6.66. The van der Waals surface area contributed by atoms with E-state index in [1.54, 1.807) is 6.07 Å². The number of ether oxygens (including phenoxy) is 2. The summed E-state index contributed by atoms with van der Waals surface area (Å²) in [6, 6.07) is 7.66. The van der Waals surface area contributed by atoms with Crippen molar-refractivity contribution < 1.29 is 28.2 Å². The molecule has 1 heterocycles. The second kappa shape index (κ2) is 9.14. The van der Waals surface area contributed by atoms with Crippen molar-refractivity contribution in [1.29, 1.82) is 10.5 Å². The van der Waals surface area contributed by atoms with Gasteiger partial charge in [0, 0.05) is 17.3 Å². The van der Waals surface area contributed by atoms with Gasteiger partial charge in [-0.2, -0.15) is 24.4 Å². The Labute approximate surface area is 158 Å². The summed E-state index contributed by atoms with van der Waals surface area (Å²) in [5.41, 5.74) is 0.504. The quantitative estimate of drug-likeness (QED) is 0.545. The van der Waals surface area contributed by atoms with Crippen molar-refractivity contribution in [3.8, 4) is 34.9 Å². The average molecular weight is 388 g/mol. The van der Waals surface area contributed by atoms with Crippen LogP contribution >= 0.6 is 0 Å². The molecule has 0 radical (unpaired) electrons. The first-order chi connectivity index (χ1) is 13.4. The number of benzene rings is 1. The monoisotopic (exact) mass is 388 g/mol. The normalized spacial score (nSPS) is 11.0. The molecule has 10 heteroatoms. The highest BCUT2D eigenvalue weighted by atomic mass is 19.3. The maximum atomic E-state index is 12.5. The first-order valence-corrected chi connectivity index (χ1v) is 7.82. The Morgan fingerprint density at radius 1 is 1.39 bits per heavy atom. The minimum atomic E-state index is -3.03. The first kappa shape index (κ1) is 20.4. The lowest BCUT2D eigenvalue weighted by Gasteiger charge is -2.11. The molecule has 0 fully saturated rings. The van der Waals surface area contributed by atoms with Crippen molar-refractivity contribution in [1.82, 2.24) is 9.78 Å². The van der Waals surface area contributed by atoms with E-state index in [4.69, 9.17) is 20.4 Å². The van der Waals surface area contributed by atoms with Crippen LogP contribution in [-0.4, -0.2) is 34.6 Å². The number of aryl methyl sites for hydroxylation is 1. The van der Waals surface area contributed by atoms with Gasteiger partial charge < -0.3 is 14.6 Å². The van der Waals surface area contributed by atoms with Crippen LogP contribution in [0.15, 0.2) is 30.0 Å². The summed E-state index contributed by atoms with van der Waals surface area (Å²) in [5, 5.41) is 31.1. The lowest BCUT2D eigenvalue weighted by Crippen LogP contribution is -2.03. The molecule has 0 aliphatic rings. The lowest BCUT2D eigenvalue weighted by molar-refractivity contribution is -0.132. The summed E-state index contributed by atoms with van der Waals surface area (Å²) >= 11 is 0. The molecule has 0 spiro atoms. The van der Waals surface area contributed by atoms with Crippen LogP contribution in [0, 0.1) is 22.7 Å². The zero-order valence-electron chi connectivity index (χ0n) is 14.6. The summed E-state index contributed by atoms with van der Waals surface area (Å²) in [4.78, 5) is 11.1. The average Bonchev–Trinajstić information content (AvgIpc) is 3.06. The molecular weight excluding hydrogens is 374 g/mol. The van der Waals surface area contributed by atoms with Crippen molar-refractivity contribution in [3.05, 3.63) is 35.5 Å². The second-order valence-corrected chi connectivity index (χ2v) is 5.32. The molecule has 1 N–H and O–H groups in total. The van der Waals surface area contributed by atoms with Gasteiger partial charge in [-0.25, -0.2) is 4.79 Å². The topological polar surface area (TPSA) is 121 Å². The predicted molar refractivity (Wildman–Crippen MR) is 92.3 cm³/mol. The zero-order chi connectivity index (χ0) is 20.7. The Morgan fingerprint density at radius 2 is 2.14 bits per heavy atom. The van der Waals surface area contributed by atoms with Crippen LogP contribution in [0.1, 0.15) is 12.0 Å². The zero-order valence-corrected chi connectivity index (χ0v) is 14.6. The fraction of sp³-hybridized carbons (Fsp3) is 0.222. The number of rotatable bonds is 8. The van der Waals surface area contributed by atoms with Crippen molar-refractivity contribution in [3.63, 3.8) is 0 Å². The van der Waals surface area contributed by atoms with Gasteiger partial charge in [0.1, 0.15) is 11.6 Å². The molecule has 1 aromatic heterocycles. The van der Waals surface area contributed by atoms with Gasteiger partial charge in [0.05, 0.1) is 31.8 Å². The van der Waals surface area contributed by atoms with E-state index in [0.29, 0.717) is 11.1 Å². The highest BCUT2D eigenvalue weighted by Gasteiger charge is 2.17. The maximum Gasteiger partial charge on any atom is 0.387 e. The minimum absolute atomic E-state index is 0.0260. The molecule has 1 aromatic carbocycles. The maximum absolute atomic E-state index is 12.5. The number of aliphatic carboxylic acids is 1.